The van der Waals surface area contributed by atoms with Crippen molar-refractivity contribution in [2.24, 2.45) is 0 Å². The molecule has 1 aliphatic rings. The zero-order valence-corrected chi connectivity index (χ0v) is 11.7. The monoisotopic (exact) mass is 264 g/mol. The molecule has 1 atom stereocenters. The van der Waals surface area contributed by atoms with Crippen LogP contribution < -0.4 is 5.32 Å². The van der Waals surface area contributed by atoms with Gasteiger partial charge in [0.2, 0.25) is 0 Å². The van der Waals surface area contributed by atoms with Gasteiger partial charge in [0.15, 0.2) is 0 Å². The molecule has 4 nitrogen and oxygen atoms in total. The topological polar surface area (TPSA) is 43.4 Å². The van der Waals surface area contributed by atoms with Gasteiger partial charge in [-0.3, -0.25) is 4.98 Å². The van der Waals surface area contributed by atoms with Crippen LogP contribution in [0.3, 0.4) is 0 Å². The normalized spacial score (nSPS) is 18.9. The van der Waals surface area contributed by atoms with Gasteiger partial charge in [-0.1, -0.05) is 13.0 Å². The Kier molecular flexibility index (Phi) is 6.27. The Labute approximate surface area is 115 Å². The molecule has 1 saturated heterocycles. The van der Waals surface area contributed by atoms with Crippen molar-refractivity contribution in [2.75, 3.05) is 19.8 Å². The van der Waals surface area contributed by atoms with Crippen molar-refractivity contribution in [2.45, 2.75) is 45.4 Å². The summed E-state index contributed by atoms with van der Waals surface area (Å²) in [5.41, 5.74) is 2.07. The fraction of sp³-hybridized carbons (Fsp3) is 0.667. The Bertz CT molecular complexity index is 365. The fourth-order valence-corrected chi connectivity index (χ4v) is 2.17. The van der Waals surface area contributed by atoms with E-state index in [0.717, 1.165) is 50.3 Å². The molecule has 106 valence electrons. The molecule has 1 aromatic rings. The first-order chi connectivity index (χ1) is 9.38. The number of rotatable bonds is 8. The Balaban J connectivity index is 1.71. The van der Waals surface area contributed by atoms with Crippen LogP contribution in [0.15, 0.2) is 18.2 Å². The van der Waals surface area contributed by atoms with Crippen molar-refractivity contribution in [3.8, 4) is 0 Å². The predicted molar refractivity (Wildman–Crippen MR) is 74.9 cm³/mol. The van der Waals surface area contributed by atoms with E-state index in [0.29, 0.717) is 13.2 Å². The Morgan fingerprint density at radius 2 is 2.32 bits per heavy atom. The van der Waals surface area contributed by atoms with E-state index in [-0.39, 0.29) is 6.10 Å². The van der Waals surface area contributed by atoms with Gasteiger partial charge in [-0.15, -0.1) is 0 Å². The molecule has 1 fully saturated rings. The van der Waals surface area contributed by atoms with Crippen LogP contribution in [0, 0.1) is 0 Å². The van der Waals surface area contributed by atoms with Crippen molar-refractivity contribution < 1.29 is 9.47 Å². The summed E-state index contributed by atoms with van der Waals surface area (Å²) in [5, 5.41) is 3.36. The minimum atomic E-state index is 0.286. The number of nitrogens with one attached hydrogen (secondary N) is 1. The Morgan fingerprint density at radius 3 is 3.11 bits per heavy atom. The molecular formula is C15H24N2O2. The first-order valence-corrected chi connectivity index (χ1v) is 7.23. The number of hydrogen-bond donors (Lipinski definition) is 1. The van der Waals surface area contributed by atoms with Crippen LogP contribution in [0.5, 0.6) is 0 Å². The van der Waals surface area contributed by atoms with Gasteiger partial charge in [-0.25, -0.2) is 0 Å². The summed E-state index contributed by atoms with van der Waals surface area (Å²) in [5.74, 6) is 0. The van der Waals surface area contributed by atoms with Crippen LogP contribution in [0.1, 0.15) is 37.6 Å². The van der Waals surface area contributed by atoms with Crippen molar-refractivity contribution in [1.29, 1.82) is 0 Å². The van der Waals surface area contributed by atoms with E-state index in [2.05, 4.69) is 17.2 Å². The summed E-state index contributed by atoms with van der Waals surface area (Å²) < 4.78 is 11.2. The fourth-order valence-electron chi connectivity index (χ4n) is 2.17. The molecule has 1 aromatic heterocycles. The molecular weight excluding hydrogens is 240 g/mol. The summed E-state index contributed by atoms with van der Waals surface area (Å²) in [4.78, 5) is 4.58. The van der Waals surface area contributed by atoms with Crippen LogP contribution in [-0.4, -0.2) is 30.8 Å². The number of pyridine rings is 1. The molecule has 2 rings (SSSR count). The maximum Gasteiger partial charge on any atom is 0.0889 e. The highest BCUT2D eigenvalue weighted by atomic mass is 16.5. The van der Waals surface area contributed by atoms with Gasteiger partial charge in [0.25, 0.3) is 0 Å². The lowest BCUT2D eigenvalue weighted by Crippen LogP contribution is -2.16. The SMILES string of the molecule is CCCNCc1cccc(COCC2CCCO2)n1. The predicted octanol–water partition coefficient (Wildman–Crippen LogP) is 2.28. The van der Waals surface area contributed by atoms with Crippen LogP contribution in [0.4, 0.5) is 0 Å². The third kappa shape index (κ3) is 5.27. The maximum atomic E-state index is 5.68. The molecule has 4 heteroatoms. The molecule has 0 spiro atoms. The second-order valence-electron chi connectivity index (χ2n) is 4.95. The summed E-state index contributed by atoms with van der Waals surface area (Å²) in [7, 11) is 0. The van der Waals surface area contributed by atoms with Crippen molar-refractivity contribution in [1.82, 2.24) is 10.3 Å². The molecule has 1 aliphatic heterocycles. The van der Waals surface area contributed by atoms with Gasteiger partial charge < -0.3 is 14.8 Å². The Hall–Kier alpha value is -0.970. The number of aromatic nitrogens is 1. The van der Waals surface area contributed by atoms with Gasteiger partial charge in [0.05, 0.1) is 30.7 Å². The van der Waals surface area contributed by atoms with E-state index in [1.54, 1.807) is 0 Å². The highest BCUT2D eigenvalue weighted by Gasteiger charge is 2.15. The van der Waals surface area contributed by atoms with Gasteiger partial charge in [0.1, 0.15) is 0 Å². The zero-order valence-electron chi connectivity index (χ0n) is 11.7. The minimum absolute atomic E-state index is 0.286. The van der Waals surface area contributed by atoms with E-state index >= 15 is 0 Å². The lowest BCUT2D eigenvalue weighted by molar-refractivity contribution is 0.00961. The number of ether oxygens (including phenoxy) is 2. The largest absolute Gasteiger partial charge is 0.376 e. The smallest absolute Gasteiger partial charge is 0.0889 e. The first kappa shape index (κ1) is 14.4. The molecule has 2 heterocycles. The van der Waals surface area contributed by atoms with Crippen LogP contribution in [-0.2, 0) is 22.6 Å². The minimum Gasteiger partial charge on any atom is -0.376 e. The van der Waals surface area contributed by atoms with Crippen molar-refractivity contribution >= 4 is 0 Å². The van der Waals surface area contributed by atoms with Crippen molar-refractivity contribution in [3.63, 3.8) is 0 Å². The lowest BCUT2D eigenvalue weighted by Gasteiger charge is -2.10. The number of hydrogen-bond acceptors (Lipinski definition) is 4. The summed E-state index contributed by atoms with van der Waals surface area (Å²) in [6.45, 7) is 6.15. The van der Waals surface area contributed by atoms with Crippen molar-refractivity contribution in [3.05, 3.63) is 29.6 Å². The van der Waals surface area contributed by atoms with E-state index in [4.69, 9.17) is 9.47 Å². The van der Waals surface area contributed by atoms with E-state index in [1.165, 1.54) is 0 Å². The molecule has 0 saturated carbocycles. The first-order valence-electron chi connectivity index (χ1n) is 7.23. The van der Waals surface area contributed by atoms with Gasteiger partial charge in [-0.05, 0) is 37.9 Å². The molecule has 0 aromatic carbocycles. The number of nitrogens with zero attached hydrogens (tertiary/aromatic N) is 1. The second-order valence-corrected chi connectivity index (χ2v) is 4.95. The summed E-state index contributed by atoms with van der Waals surface area (Å²) in [6.07, 6.45) is 3.71. The average Bonchev–Trinajstić information content (AvgIpc) is 2.93. The molecule has 19 heavy (non-hydrogen) atoms. The zero-order chi connectivity index (χ0) is 13.3. The van der Waals surface area contributed by atoms with Crippen LogP contribution >= 0.6 is 0 Å². The van der Waals surface area contributed by atoms with Crippen LogP contribution in [0.2, 0.25) is 0 Å². The highest BCUT2D eigenvalue weighted by Crippen LogP contribution is 2.12. The molecule has 0 aliphatic carbocycles. The second kappa shape index (κ2) is 8.25. The van der Waals surface area contributed by atoms with Gasteiger partial charge in [-0.2, -0.15) is 0 Å². The van der Waals surface area contributed by atoms with Gasteiger partial charge in [0, 0.05) is 13.2 Å². The lowest BCUT2D eigenvalue weighted by atomic mass is 10.2. The summed E-state index contributed by atoms with van der Waals surface area (Å²) in [6, 6.07) is 6.10. The molecule has 0 amide bonds. The Morgan fingerprint density at radius 1 is 1.42 bits per heavy atom. The molecule has 1 unspecified atom stereocenters. The van der Waals surface area contributed by atoms with E-state index < -0.39 is 0 Å². The summed E-state index contributed by atoms with van der Waals surface area (Å²) >= 11 is 0. The van der Waals surface area contributed by atoms with Crippen LogP contribution in [0.25, 0.3) is 0 Å². The molecule has 0 radical (unpaired) electrons. The maximum absolute atomic E-state index is 5.68. The quantitative estimate of drug-likeness (QED) is 0.732. The highest BCUT2D eigenvalue weighted by molar-refractivity contribution is 5.10. The third-order valence-electron chi connectivity index (χ3n) is 3.18. The van der Waals surface area contributed by atoms with E-state index in [1.807, 2.05) is 18.2 Å². The average molecular weight is 264 g/mol. The molecule has 0 bridgehead atoms. The third-order valence-corrected chi connectivity index (χ3v) is 3.18. The van der Waals surface area contributed by atoms with Gasteiger partial charge >= 0.3 is 0 Å². The van der Waals surface area contributed by atoms with E-state index in [9.17, 15) is 0 Å². The standard InChI is InChI=1S/C15H24N2O2/c1-2-8-16-10-13-5-3-6-14(17-13)11-18-12-15-7-4-9-19-15/h3,5-6,15-16H,2,4,7-12H2,1H3. The molecule has 1 N–H and O–H groups in total.